The van der Waals surface area contributed by atoms with Crippen LogP contribution >= 0.6 is 0 Å². The van der Waals surface area contributed by atoms with E-state index in [9.17, 15) is 29.1 Å². The maximum Gasteiger partial charge on any atom is 0.326 e. The number of primary amides is 1. The first-order valence-electron chi connectivity index (χ1n) is 9.97. The van der Waals surface area contributed by atoms with Crippen molar-refractivity contribution in [1.82, 2.24) is 16.0 Å². The number of nitrogens with two attached hydrogens (primary N) is 2. The van der Waals surface area contributed by atoms with Crippen molar-refractivity contribution in [2.24, 2.45) is 23.3 Å². The van der Waals surface area contributed by atoms with Gasteiger partial charge in [-0.15, -0.1) is 0 Å². The molecule has 3 unspecified atom stereocenters. The van der Waals surface area contributed by atoms with E-state index in [1.807, 2.05) is 27.7 Å². The van der Waals surface area contributed by atoms with E-state index in [0.717, 1.165) is 0 Å². The molecule has 0 saturated heterocycles. The highest BCUT2D eigenvalue weighted by atomic mass is 16.4. The summed E-state index contributed by atoms with van der Waals surface area (Å²) < 4.78 is 0. The lowest BCUT2D eigenvalue weighted by molar-refractivity contribution is -0.142. The third kappa shape index (κ3) is 12.0. The molecular formula is C19H35N5O6. The molecule has 11 nitrogen and oxygen atoms in total. The Morgan fingerprint density at radius 3 is 1.87 bits per heavy atom. The van der Waals surface area contributed by atoms with Crippen molar-refractivity contribution in [2.45, 2.75) is 71.5 Å². The summed E-state index contributed by atoms with van der Waals surface area (Å²) in [5.74, 6) is -3.47. The van der Waals surface area contributed by atoms with Crippen LogP contribution in [-0.4, -0.2) is 59.4 Å². The quantitative estimate of drug-likeness (QED) is 0.200. The molecule has 0 aliphatic heterocycles. The van der Waals surface area contributed by atoms with Gasteiger partial charge in [0.2, 0.25) is 23.6 Å². The second kappa shape index (κ2) is 13.5. The van der Waals surface area contributed by atoms with E-state index < -0.39 is 54.3 Å². The minimum absolute atomic E-state index is 0.0476. The zero-order valence-corrected chi connectivity index (χ0v) is 18.1. The highest BCUT2D eigenvalue weighted by Gasteiger charge is 2.26. The van der Waals surface area contributed by atoms with E-state index in [1.165, 1.54) is 0 Å². The Morgan fingerprint density at radius 1 is 0.867 bits per heavy atom. The van der Waals surface area contributed by atoms with Gasteiger partial charge in [-0.3, -0.25) is 19.2 Å². The van der Waals surface area contributed by atoms with Crippen molar-refractivity contribution in [3.8, 4) is 0 Å². The molecule has 0 spiro atoms. The molecule has 11 heteroatoms. The fourth-order valence-electron chi connectivity index (χ4n) is 2.64. The van der Waals surface area contributed by atoms with Crippen LogP contribution in [0.25, 0.3) is 0 Å². The minimum atomic E-state index is -1.15. The largest absolute Gasteiger partial charge is 0.480 e. The first-order valence-corrected chi connectivity index (χ1v) is 9.97. The molecule has 0 rings (SSSR count). The smallest absolute Gasteiger partial charge is 0.326 e. The lowest BCUT2D eigenvalue weighted by Gasteiger charge is -2.22. The average Bonchev–Trinajstić information content (AvgIpc) is 2.61. The van der Waals surface area contributed by atoms with Gasteiger partial charge in [0.05, 0.1) is 12.6 Å². The summed E-state index contributed by atoms with van der Waals surface area (Å²) in [5, 5.41) is 16.5. The number of carboxylic acid groups (broad SMARTS) is 1. The van der Waals surface area contributed by atoms with Crippen LogP contribution in [0.2, 0.25) is 0 Å². The highest BCUT2D eigenvalue weighted by molar-refractivity contribution is 5.92. The molecule has 4 amide bonds. The predicted octanol–water partition coefficient (Wildman–Crippen LogP) is -1.16. The summed E-state index contributed by atoms with van der Waals surface area (Å²) in [7, 11) is 0. The Labute approximate surface area is 176 Å². The Bertz CT molecular complexity index is 623. The molecule has 0 aromatic rings. The molecular weight excluding hydrogens is 394 g/mol. The number of hydrogen-bond acceptors (Lipinski definition) is 6. The summed E-state index contributed by atoms with van der Waals surface area (Å²) >= 11 is 0. The lowest BCUT2D eigenvalue weighted by Crippen LogP contribution is -2.54. The fraction of sp³-hybridized carbons (Fsp3) is 0.737. The monoisotopic (exact) mass is 429 g/mol. The number of hydrogen-bond donors (Lipinski definition) is 6. The minimum Gasteiger partial charge on any atom is -0.480 e. The maximum atomic E-state index is 12.5. The van der Waals surface area contributed by atoms with E-state index in [2.05, 4.69) is 16.0 Å². The van der Waals surface area contributed by atoms with Crippen molar-refractivity contribution in [1.29, 1.82) is 0 Å². The standard InChI is InChI=1S/C19H35N5O6/c1-10(2)7-13(24-17(27)12(20)5-6-15(21)25)18(28)22-9-16(26)23-14(19(29)30)8-11(3)4/h10-14H,5-9,20H2,1-4H3,(H2,21,25)(H,22,28)(H,23,26)(H,24,27)(H,29,30). The van der Waals surface area contributed by atoms with Gasteiger partial charge in [0.1, 0.15) is 12.1 Å². The van der Waals surface area contributed by atoms with E-state index in [0.29, 0.717) is 6.42 Å². The van der Waals surface area contributed by atoms with Crippen LogP contribution in [0.15, 0.2) is 0 Å². The SMILES string of the molecule is CC(C)CC(NC(=O)CNC(=O)C(CC(C)C)NC(=O)C(N)CCC(N)=O)C(=O)O. The lowest BCUT2D eigenvalue weighted by atomic mass is 10.0. The summed E-state index contributed by atoms with van der Waals surface area (Å²) in [6, 6.07) is -2.99. The van der Waals surface area contributed by atoms with Gasteiger partial charge in [0.25, 0.3) is 0 Å². The molecule has 0 aromatic carbocycles. The number of carbonyl (C=O) groups excluding carboxylic acids is 4. The number of nitrogens with one attached hydrogen (secondary N) is 3. The average molecular weight is 430 g/mol. The van der Waals surface area contributed by atoms with Crippen molar-refractivity contribution >= 4 is 29.6 Å². The molecule has 0 saturated carbocycles. The van der Waals surface area contributed by atoms with Crippen molar-refractivity contribution in [2.75, 3.05) is 6.54 Å². The molecule has 8 N–H and O–H groups in total. The highest BCUT2D eigenvalue weighted by Crippen LogP contribution is 2.07. The molecule has 30 heavy (non-hydrogen) atoms. The van der Waals surface area contributed by atoms with Crippen LogP contribution in [0.3, 0.4) is 0 Å². The van der Waals surface area contributed by atoms with Crippen LogP contribution in [0, 0.1) is 11.8 Å². The Hall–Kier alpha value is -2.69. The van der Waals surface area contributed by atoms with Crippen molar-refractivity contribution in [3.05, 3.63) is 0 Å². The van der Waals surface area contributed by atoms with Gasteiger partial charge in [-0.1, -0.05) is 27.7 Å². The van der Waals surface area contributed by atoms with Crippen LogP contribution in [0.1, 0.15) is 53.4 Å². The van der Waals surface area contributed by atoms with Crippen LogP contribution < -0.4 is 27.4 Å². The van der Waals surface area contributed by atoms with Crippen LogP contribution in [-0.2, 0) is 24.0 Å². The van der Waals surface area contributed by atoms with E-state index >= 15 is 0 Å². The van der Waals surface area contributed by atoms with Crippen molar-refractivity contribution in [3.63, 3.8) is 0 Å². The maximum absolute atomic E-state index is 12.5. The van der Waals surface area contributed by atoms with Crippen molar-refractivity contribution < 1.29 is 29.1 Å². The van der Waals surface area contributed by atoms with E-state index in [1.54, 1.807) is 0 Å². The molecule has 0 aliphatic carbocycles. The summed E-state index contributed by atoms with van der Waals surface area (Å²) in [4.78, 5) is 58.7. The predicted molar refractivity (Wildman–Crippen MR) is 110 cm³/mol. The third-order valence-electron chi connectivity index (χ3n) is 4.14. The number of amides is 4. The van der Waals surface area contributed by atoms with Crippen LogP contribution in [0.5, 0.6) is 0 Å². The Balaban J connectivity index is 4.83. The second-order valence-corrected chi connectivity index (χ2v) is 8.11. The van der Waals surface area contributed by atoms with Gasteiger partial charge in [-0.2, -0.15) is 0 Å². The number of carboxylic acids is 1. The molecule has 0 bridgehead atoms. The first-order chi connectivity index (χ1) is 13.8. The Kier molecular flexibility index (Phi) is 12.3. The molecule has 172 valence electrons. The molecule has 0 aliphatic rings. The zero-order chi connectivity index (χ0) is 23.4. The number of aliphatic carboxylic acids is 1. The summed E-state index contributed by atoms with van der Waals surface area (Å²) in [6.45, 7) is 6.94. The fourth-order valence-corrected chi connectivity index (χ4v) is 2.64. The van der Waals surface area contributed by atoms with Gasteiger partial charge in [-0.05, 0) is 31.1 Å². The molecule has 0 fully saturated rings. The van der Waals surface area contributed by atoms with Gasteiger partial charge in [0.15, 0.2) is 0 Å². The second-order valence-electron chi connectivity index (χ2n) is 8.11. The number of carbonyl (C=O) groups is 5. The van der Waals surface area contributed by atoms with Gasteiger partial charge in [-0.25, -0.2) is 4.79 Å². The van der Waals surface area contributed by atoms with Gasteiger partial charge >= 0.3 is 5.97 Å². The summed E-state index contributed by atoms with van der Waals surface area (Å²) in [5.41, 5.74) is 10.8. The zero-order valence-electron chi connectivity index (χ0n) is 18.1. The topological polar surface area (TPSA) is 194 Å². The first kappa shape index (κ1) is 27.3. The summed E-state index contributed by atoms with van der Waals surface area (Å²) in [6.07, 6.45) is 0.542. The van der Waals surface area contributed by atoms with Gasteiger partial charge in [0, 0.05) is 6.42 Å². The molecule has 0 aromatic heterocycles. The number of rotatable bonds is 14. The molecule has 0 heterocycles. The van der Waals surface area contributed by atoms with E-state index in [-0.39, 0.29) is 31.1 Å². The third-order valence-corrected chi connectivity index (χ3v) is 4.14. The molecule has 3 atom stereocenters. The normalized spacial score (nSPS) is 14.0. The van der Waals surface area contributed by atoms with Gasteiger partial charge < -0.3 is 32.5 Å². The Morgan fingerprint density at radius 2 is 1.40 bits per heavy atom. The van der Waals surface area contributed by atoms with E-state index in [4.69, 9.17) is 11.5 Å². The molecule has 0 radical (unpaired) electrons. The van der Waals surface area contributed by atoms with Crippen LogP contribution in [0.4, 0.5) is 0 Å².